The molecule has 0 heterocycles. The van der Waals surface area contributed by atoms with Gasteiger partial charge in [-0.25, -0.2) is 0 Å². The highest BCUT2D eigenvalue weighted by molar-refractivity contribution is 7.95. The van der Waals surface area contributed by atoms with Crippen molar-refractivity contribution in [2.24, 2.45) is 0 Å². The Morgan fingerprint density at radius 1 is 0.667 bits per heavy atom. The lowest BCUT2D eigenvalue weighted by molar-refractivity contribution is 0.289. The molecule has 3 aromatic carbocycles. The normalized spacial score (nSPS) is 12.7. The number of rotatable bonds is 8. The zero-order valence-electron chi connectivity index (χ0n) is 19.1. The van der Waals surface area contributed by atoms with Gasteiger partial charge in [0.05, 0.1) is 6.16 Å². The molecule has 0 saturated heterocycles. The van der Waals surface area contributed by atoms with Crippen LogP contribution in [0.4, 0.5) is 0 Å². The third kappa shape index (κ3) is 4.94. The van der Waals surface area contributed by atoms with Crippen molar-refractivity contribution in [1.29, 1.82) is 0 Å². The van der Waals surface area contributed by atoms with Crippen LogP contribution in [0.1, 0.15) is 27.2 Å². The molecule has 0 unspecified atom stereocenters. The maximum Gasteiger partial charge on any atom is 0.112 e. The minimum absolute atomic E-state index is 0.248. The molecule has 0 saturated carbocycles. The van der Waals surface area contributed by atoms with Gasteiger partial charge in [-0.15, -0.1) is 18.1 Å². The summed E-state index contributed by atoms with van der Waals surface area (Å²) in [5, 5.41) is 4.61. The lowest BCUT2D eigenvalue weighted by Gasteiger charge is -2.48. The molecule has 3 rings (SSSR count). The van der Waals surface area contributed by atoms with Crippen molar-refractivity contribution in [1.82, 2.24) is 0 Å². The lowest BCUT2D eigenvalue weighted by Crippen LogP contribution is -2.41. The van der Waals surface area contributed by atoms with Crippen LogP contribution in [0.2, 0.25) is 18.1 Å². The van der Waals surface area contributed by atoms with Crippen LogP contribution in [0.5, 0.6) is 0 Å². The fourth-order valence-electron chi connectivity index (χ4n) is 3.73. The summed E-state index contributed by atoms with van der Waals surface area (Å²) in [4.78, 5) is 0. The van der Waals surface area contributed by atoms with Crippen LogP contribution >= 0.6 is 7.26 Å². The second kappa shape index (κ2) is 9.60. The first-order valence-electron chi connectivity index (χ1n) is 11.0. The average molecular weight is 436 g/mol. The Balaban J connectivity index is 1.98. The molecule has 0 spiro atoms. The SMILES string of the molecule is CC(C)(C)[Si-](C)(C)OCCC[P+](c1ccccc1)(c1ccccc1)c1ccccc1. The largest absolute Gasteiger partial charge is 0.564 e. The van der Waals surface area contributed by atoms with E-state index in [1.54, 1.807) is 0 Å². The van der Waals surface area contributed by atoms with Gasteiger partial charge in [0.1, 0.15) is 23.2 Å². The monoisotopic (exact) mass is 435 g/mol. The first-order valence-corrected chi connectivity index (χ1v) is 15.8. The zero-order valence-corrected chi connectivity index (χ0v) is 21.0. The molecule has 0 N–H and O–H groups in total. The maximum absolute atomic E-state index is 6.55. The summed E-state index contributed by atoms with van der Waals surface area (Å²) in [6, 6.07) is 33.4. The van der Waals surface area contributed by atoms with Crippen LogP contribution in [0.25, 0.3) is 0 Å². The molecule has 30 heavy (non-hydrogen) atoms. The van der Waals surface area contributed by atoms with Gasteiger partial charge in [0.2, 0.25) is 0 Å². The predicted octanol–water partition coefficient (Wildman–Crippen LogP) is 6.39. The van der Waals surface area contributed by atoms with E-state index < -0.39 is 15.6 Å². The smallest absolute Gasteiger partial charge is 0.112 e. The van der Waals surface area contributed by atoms with Crippen LogP contribution in [0.15, 0.2) is 91.0 Å². The van der Waals surface area contributed by atoms with E-state index in [2.05, 4.69) is 125 Å². The molecule has 3 aromatic rings. The quantitative estimate of drug-likeness (QED) is 0.226. The van der Waals surface area contributed by atoms with Gasteiger partial charge in [-0.3, -0.25) is 0 Å². The minimum atomic E-state index is -1.74. The van der Waals surface area contributed by atoms with Gasteiger partial charge in [0.15, 0.2) is 0 Å². The summed E-state index contributed by atoms with van der Waals surface area (Å²) in [5.74, 6) is 0. The fraction of sp³-hybridized carbons (Fsp3) is 0.333. The van der Waals surface area contributed by atoms with Gasteiger partial charge in [-0.05, 0) is 44.7 Å². The van der Waals surface area contributed by atoms with E-state index in [1.807, 2.05) is 0 Å². The van der Waals surface area contributed by atoms with Gasteiger partial charge in [-0.1, -0.05) is 75.4 Å². The summed E-state index contributed by atoms with van der Waals surface area (Å²) >= 11 is 0. The Bertz CT molecular complexity index is 805. The van der Waals surface area contributed by atoms with E-state index in [4.69, 9.17) is 4.43 Å². The Morgan fingerprint density at radius 3 is 1.37 bits per heavy atom. The second-order valence-corrected chi connectivity index (χ2v) is 17.9. The number of benzene rings is 3. The van der Waals surface area contributed by atoms with Crippen molar-refractivity contribution in [3.05, 3.63) is 91.0 Å². The topological polar surface area (TPSA) is 9.23 Å². The highest BCUT2D eigenvalue weighted by Crippen LogP contribution is 2.55. The summed E-state index contributed by atoms with van der Waals surface area (Å²) in [7, 11) is -3.47. The van der Waals surface area contributed by atoms with Crippen molar-refractivity contribution < 1.29 is 4.43 Å². The summed E-state index contributed by atoms with van der Waals surface area (Å²) in [6.45, 7) is 12.5. The average Bonchev–Trinajstić information content (AvgIpc) is 2.75. The molecule has 159 valence electrons. The molecular formula is C27H36OPSi. The second-order valence-electron chi connectivity index (χ2n) is 9.50. The van der Waals surface area contributed by atoms with Gasteiger partial charge in [-0.2, -0.15) is 0 Å². The summed E-state index contributed by atoms with van der Waals surface area (Å²) in [5.41, 5.74) is 0. The van der Waals surface area contributed by atoms with Crippen LogP contribution < -0.4 is 15.9 Å². The first-order chi connectivity index (χ1) is 14.3. The fourth-order valence-corrected chi connectivity index (χ4v) is 9.13. The molecule has 0 fully saturated rings. The Kier molecular flexibility index (Phi) is 7.34. The van der Waals surface area contributed by atoms with Gasteiger partial charge >= 0.3 is 0 Å². The molecule has 0 atom stereocenters. The summed E-state index contributed by atoms with van der Waals surface area (Å²) < 4.78 is 6.55. The maximum atomic E-state index is 6.55. The third-order valence-corrected chi connectivity index (χ3v) is 15.6. The van der Waals surface area contributed by atoms with Gasteiger partial charge in [0.25, 0.3) is 0 Å². The Morgan fingerprint density at radius 2 is 1.03 bits per heavy atom. The van der Waals surface area contributed by atoms with Gasteiger partial charge in [0, 0.05) is 13.0 Å². The van der Waals surface area contributed by atoms with E-state index in [9.17, 15) is 0 Å². The highest BCUT2D eigenvalue weighted by Gasteiger charge is 2.44. The molecule has 3 heteroatoms. The van der Waals surface area contributed by atoms with Crippen LogP contribution in [-0.4, -0.2) is 21.1 Å². The van der Waals surface area contributed by atoms with Crippen molar-refractivity contribution in [2.75, 3.05) is 12.8 Å². The molecule has 0 amide bonds. The lowest BCUT2D eigenvalue weighted by atomic mass is 10.2. The van der Waals surface area contributed by atoms with Crippen molar-refractivity contribution in [2.45, 2.75) is 45.3 Å². The summed E-state index contributed by atoms with van der Waals surface area (Å²) in [6.07, 6.45) is 2.19. The van der Waals surface area contributed by atoms with E-state index in [-0.39, 0.29) is 5.04 Å². The van der Waals surface area contributed by atoms with Crippen LogP contribution in [0.3, 0.4) is 0 Å². The number of hydrogen-bond acceptors (Lipinski definition) is 1. The van der Waals surface area contributed by atoms with E-state index >= 15 is 0 Å². The molecular weight excluding hydrogens is 399 g/mol. The molecule has 0 radical (unpaired) electrons. The third-order valence-electron chi connectivity index (χ3n) is 6.50. The van der Waals surface area contributed by atoms with Gasteiger partial charge < -0.3 is 4.43 Å². The predicted molar refractivity (Wildman–Crippen MR) is 138 cm³/mol. The molecule has 0 aliphatic heterocycles. The van der Waals surface area contributed by atoms with E-state index in [1.165, 1.54) is 15.9 Å². The van der Waals surface area contributed by atoms with Crippen molar-refractivity contribution in [3.63, 3.8) is 0 Å². The van der Waals surface area contributed by atoms with Crippen LogP contribution in [0, 0.1) is 0 Å². The molecule has 0 aromatic heterocycles. The molecule has 0 aliphatic carbocycles. The van der Waals surface area contributed by atoms with Crippen molar-refractivity contribution >= 4 is 31.5 Å². The highest BCUT2D eigenvalue weighted by atomic mass is 31.2. The standard InChI is InChI=1S/C27H36OPSi/c1-27(2,3)30(4,5)28-22-15-23-29(24-16-9-6-10-17-24,25-18-11-7-12-19-25)26-20-13-8-14-21-26/h6-14,16-21H,15,22-23H2,1-5H3. The molecule has 0 aliphatic rings. The minimum Gasteiger partial charge on any atom is -0.564 e. The zero-order chi connectivity index (χ0) is 21.7. The van der Waals surface area contributed by atoms with Crippen molar-refractivity contribution in [3.8, 4) is 0 Å². The Labute approximate surface area is 185 Å². The van der Waals surface area contributed by atoms with Crippen LogP contribution in [-0.2, 0) is 4.43 Å². The molecule has 1 nitrogen and oxygen atoms in total. The first kappa shape index (κ1) is 22.9. The molecule has 0 bridgehead atoms. The Hall–Kier alpha value is -1.73. The number of hydrogen-bond donors (Lipinski definition) is 0. The van der Waals surface area contributed by atoms with E-state index in [0.29, 0.717) is 0 Å². The van der Waals surface area contributed by atoms with E-state index in [0.717, 1.165) is 19.2 Å².